The lowest BCUT2D eigenvalue weighted by molar-refractivity contribution is 0.0787. The predicted octanol–water partition coefficient (Wildman–Crippen LogP) is 3.01. The minimum Gasteiger partial charge on any atom is -0.341 e. The molecule has 0 atom stereocenters. The van der Waals surface area contributed by atoms with E-state index in [0.717, 1.165) is 44.6 Å². The zero-order valence-electron chi connectivity index (χ0n) is 12.5. The molecular weight excluding hydrogens is 274 g/mol. The number of pyridine rings is 1. The van der Waals surface area contributed by atoms with Crippen LogP contribution in [0.15, 0.2) is 42.6 Å². The lowest BCUT2D eigenvalue weighted by Crippen LogP contribution is -2.28. The summed E-state index contributed by atoms with van der Waals surface area (Å²) in [5.41, 5.74) is 4.23. The molecule has 1 aromatic carbocycles. The lowest BCUT2D eigenvalue weighted by Gasteiger charge is -2.21. The van der Waals surface area contributed by atoms with Gasteiger partial charge in [0, 0.05) is 37.2 Å². The molecule has 1 fully saturated rings. The number of anilines is 2. The molecule has 1 saturated heterocycles. The zero-order valence-corrected chi connectivity index (χ0v) is 12.5. The average Bonchev–Trinajstić information content (AvgIpc) is 3.24. The van der Waals surface area contributed by atoms with E-state index < -0.39 is 0 Å². The van der Waals surface area contributed by atoms with E-state index in [0.29, 0.717) is 5.69 Å². The van der Waals surface area contributed by atoms with Crippen LogP contribution in [0.5, 0.6) is 0 Å². The Labute approximate surface area is 130 Å². The predicted molar refractivity (Wildman–Crippen MR) is 86.5 cm³/mol. The van der Waals surface area contributed by atoms with Gasteiger partial charge in [0.1, 0.15) is 5.69 Å². The first kappa shape index (κ1) is 13.3. The summed E-state index contributed by atoms with van der Waals surface area (Å²) < 4.78 is 0. The van der Waals surface area contributed by atoms with Gasteiger partial charge in [0.2, 0.25) is 0 Å². The van der Waals surface area contributed by atoms with Gasteiger partial charge in [0.05, 0.1) is 0 Å². The topological polar surface area (TPSA) is 36.4 Å². The van der Waals surface area contributed by atoms with Crippen molar-refractivity contribution in [1.29, 1.82) is 0 Å². The van der Waals surface area contributed by atoms with Gasteiger partial charge in [-0.05, 0) is 43.0 Å². The van der Waals surface area contributed by atoms with E-state index in [1.165, 1.54) is 11.3 Å². The Morgan fingerprint density at radius 3 is 2.73 bits per heavy atom. The van der Waals surface area contributed by atoms with Crippen molar-refractivity contribution in [3.63, 3.8) is 0 Å². The number of amides is 1. The highest BCUT2D eigenvalue weighted by molar-refractivity contribution is 5.93. The molecule has 0 N–H and O–H groups in total. The van der Waals surface area contributed by atoms with Crippen molar-refractivity contribution in [1.82, 2.24) is 9.88 Å². The molecule has 0 spiro atoms. The van der Waals surface area contributed by atoms with Gasteiger partial charge in [-0.15, -0.1) is 0 Å². The number of hydrogen-bond acceptors (Lipinski definition) is 3. The van der Waals surface area contributed by atoms with Crippen molar-refractivity contribution in [2.45, 2.75) is 19.3 Å². The van der Waals surface area contributed by atoms with Crippen LogP contribution in [0.4, 0.5) is 11.4 Å². The van der Waals surface area contributed by atoms with Gasteiger partial charge in [-0.3, -0.25) is 9.78 Å². The molecule has 0 bridgehead atoms. The molecule has 0 saturated carbocycles. The number of carbonyl (C=O) groups excluding carboxylic acids is 1. The minimum atomic E-state index is 0.0619. The molecule has 4 rings (SSSR count). The van der Waals surface area contributed by atoms with Gasteiger partial charge in [-0.25, -0.2) is 0 Å². The number of nitrogens with zero attached hydrogens (tertiary/aromatic N) is 3. The summed E-state index contributed by atoms with van der Waals surface area (Å²) >= 11 is 0. The van der Waals surface area contributed by atoms with Crippen molar-refractivity contribution in [2.24, 2.45) is 0 Å². The van der Waals surface area contributed by atoms with Gasteiger partial charge < -0.3 is 9.80 Å². The van der Waals surface area contributed by atoms with Crippen molar-refractivity contribution in [3.05, 3.63) is 53.9 Å². The molecule has 3 heterocycles. The monoisotopic (exact) mass is 293 g/mol. The maximum Gasteiger partial charge on any atom is 0.272 e. The van der Waals surface area contributed by atoms with Crippen molar-refractivity contribution in [2.75, 3.05) is 24.5 Å². The number of carbonyl (C=O) groups is 1. The van der Waals surface area contributed by atoms with E-state index in [-0.39, 0.29) is 5.91 Å². The Bertz CT molecular complexity index is 707. The van der Waals surface area contributed by atoms with E-state index in [1.807, 2.05) is 17.0 Å². The van der Waals surface area contributed by atoms with Crippen LogP contribution in [-0.4, -0.2) is 35.4 Å². The highest BCUT2D eigenvalue weighted by atomic mass is 16.2. The van der Waals surface area contributed by atoms with Crippen LogP contribution in [0, 0.1) is 0 Å². The molecule has 2 aliphatic rings. The van der Waals surface area contributed by atoms with Crippen LogP contribution in [0.25, 0.3) is 0 Å². The molecule has 0 radical (unpaired) electrons. The van der Waals surface area contributed by atoms with Crippen LogP contribution in [0.1, 0.15) is 28.9 Å². The summed E-state index contributed by atoms with van der Waals surface area (Å²) in [5.74, 6) is 0.0619. The largest absolute Gasteiger partial charge is 0.341 e. The Hall–Kier alpha value is -2.36. The van der Waals surface area contributed by atoms with Gasteiger partial charge in [-0.1, -0.05) is 18.2 Å². The summed E-state index contributed by atoms with van der Waals surface area (Å²) in [6, 6.07) is 12.4. The number of likely N-dealkylation sites (tertiary alicyclic amines) is 1. The molecule has 4 nitrogen and oxygen atoms in total. The Kier molecular flexibility index (Phi) is 3.29. The fraction of sp³-hybridized carbons (Fsp3) is 0.333. The summed E-state index contributed by atoms with van der Waals surface area (Å²) in [5, 5.41) is 0. The van der Waals surface area contributed by atoms with Crippen molar-refractivity contribution >= 4 is 17.3 Å². The van der Waals surface area contributed by atoms with Gasteiger partial charge in [0.25, 0.3) is 5.91 Å². The molecule has 1 aromatic heterocycles. The first-order chi connectivity index (χ1) is 10.8. The third-order valence-corrected chi connectivity index (χ3v) is 4.55. The van der Waals surface area contributed by atoms with Gasteiger partial charge >= 0.3 is 0 Å². The lowest BCUT2D eigenvalue weighted by atomic mass is 10.2. The third kappa shape index (κ3) is 2.25. The van der Waals surface area contributed by atoms with E-state index in [4.69, 9.17) is 0 Å². The number of hydrogen-bond donors (Lipinski definition) is 0. The number of benzene rings is 1. The van der Waals surface area contributed by atoms with E-state index in [2.05, 4.69) is 34.1 Å². The second kappa shape index (κ2) is 5.44. The quantitative estimate of drug-likeness (QED) is 0.854. The maximum atomic E-state index is 12.5. The average molecular weight is 293 g/mol. The second-order valence-corrected chi connectivity index (χ2v) is 5.93. The molecule has 112 valence electrons. The third-order valence-electron chi connectivity index (χ3n) is 4.55. The molecular formula is C18H19N3O. The number of aromatic nitrogens is 1. The highest BCUT2D eigenvalue weighted by Crippen LogP contribution is 2.34. The summed E-state index contributed by atoms with van der Waals surface area (Å²) in [6.45, 7) is 2.68. The van der Waals surface area contributed by atoms with E-state index in [1.54, 1.807) is 6.20 Å². The fourth-order valence-electron chi connectivity index (χ4n) is 3.39. The van der Waals surface area contributed by atoms with E-state index >= 15 is 0 Å². The first-order valence-corrected chi connectivity index (χ1v) is 7.94. The second-order valence-electron chi connectivity index (χ2n) is 5.93. The summed E-state index contributed by atoms with van der Waals surface area (Å²) in [7, 11) is 0. The standard InChI is InChI=1S/C18H19N3O/c22-18(20-10-3-4-11-20)16-13-15(7-9-19-16)21-12-8-14-5-1-2-6-17(14)21/h1-2,5-7,9,13H,3-4,8,10-12H2. The zero-order chi connectivity index (χ0) is 14.9. The van der Waals surface area contributed by atoms with Crippen LogP contribution < -0.4 is 4.90 Å². The van der Waals surface area contributed by atoms with Crippen LogP contribution in [-0.2, 0) is 6.42 Å². The van der Waals surface area contributed by atoms with Crippen molar-refractivity contribution < 1.29 is 4.79 Å². The molecule has 2 aromatic rings. The summed E-state index contributed by atoms with van der Waals surface area (Å²) in [4.78, 5) is 21.0. The molecule has 22 heavy (non-hydrogen) atoms. The van der Waals surface area contributed by atoms with E-state index in [9.17, 15) is 4.79 Å². The van der Waals surface area contributed by atoms with Crippen LogP contribution in [0.3, 0.4) is 0 Å². The normalized spacial score (nSPS) is 16.9. The summed E-state index contributed by atoms with van der Waals surface area (Å²) in [6.07, 6.45) is 5.00. The number of fused-ring (bicyclic) bond motifs is 1. The molecule has 2 aliphatic heterocycles. The smallest absolute Gasteiger partial charge is 0.272 e. The van der Waals surface area contributed by atoms with Gasteiger partial charge in [0.15, 0.2) is 0 Å². The molecule has 0 unspecified atom stereocenters. The SMILES string of the molecule is O=C(c1cc(N2CCc3ccccc32)ccn1)N1CCCC1. The number of para-hydroxylation sites is 1. The Balaban J connectivity index is 1.64. The number of rotatable bonds is 2. The van der Waals surface area contributed by atoms with Crippen LogP contribution >= 0.6 is 0 Å². The Morgan fingerprint density at radius 2 is 1.86 bits per heavy atom. The highest BCUT2D eigenvalue weighted by Gasteiger charge is 2.23. The first-order valence-electron chi connectivity index (χ1n) is 7.94. The molecule has 1 amide bonds. The van der Waals surface area contributed by atoms with Crippen LogP contribution in [0.2, 0.25) is 0 Å². The minimum absolute atomic E-state index is 0.0619. The maximum absolute atomic E-state index is 12.5. The van der Waals surface area contributed by atoms with Crippen molar-refractivity contribution in [3.8, 4) is 0 Å². The molecule has 0 aliphatic carbocycles. The van der Waals surface area contributed by atoms with Gasteiger partial charge in [-0.2, -0.15) is 0 Å². The molecule has 4 heteroatoms. The Morgan fingerprint density at radius 1 is 1.05 bits per heavy atom. The fourth-order valence-corrected chi connectivity index (χ4v) is 3.39.